The molecule has 0 aromatic heterocycles. The molecule has 10 atom stereocenters. The molecule has 1 aromatic rings. The quantitative estimate of drug-likeness (QED) is 0.0439. The molecule has 2 saturated heterocycles. The number of benzene rings is 1. The van der Waals surface area contributed by atoms with Crippen LogP contribution in [0.4, 0.5) is 18.9 Å². The predicted molar refractivity (Wildman–Crippen MR) is 246 cm³/mol. The zero-order valence-electron chi connectivity index (χ0n) is 42.5. The number of nitrogens with one attached hydrogen (secondary N) is 5. The maximum atomic E-state index is 13.3. The zero-order chi connectivity index (χ0) is 56.0. The number of ether oxygens (including phenoxy) is 11. The normalized spacial score (nSPS) is 23.3. The van der Waals surface area contributed by atoms with Crippen LogP contribution in [-0.4, -0.2) is 187 Å². The van der Waals surface area contributed by atoms with Crippen LogP contribution < -0.4 is 26.6 Å². The van der Waals surface area contributed by atoms with Gasteiger partial charge in [0.2, 0.25) is 11.8 Å². The van der Waals surface area contributed by atoms with Gasteiger partial charge in [-0.2, -0.15) is 13.2 Å². The van der Waals surface area contributed by atoms with E-state index < -0.39 is 133 Å². The van der Waals surface area contributed by atoms with Crippen molar-refractivity contribution in [3.05, 3.63) is 29.3 Å². The predicted octanol–water partition coefficient (Wildman–Crippen LogP) is -0.0224. The summed E-state index contributed by atoms with van der Waals surface area (Å²) in [5, 5.41) is 11.5. The molecule has 26 nitrogen and oxygen atoms in total. The molecule has 0 saturated carbocycles. The first-order valence-corrected chi connectivity index (χ1v) is 23.4. The molecule has 2 aliphatic rings. The first-order valence-electron chi connectivity index (χ1n) is 23.4. The molecule has 420 valence electrons. The van der Waals surface area contributed by atoms with Crippen LogP contribution in [0.25, 0.3) is 0 Å². The van der Waals surface area contributed by atoms with E-state index in [2.05, 4.69) is 21.3 Å². The number of carbonyl (C=O) groups excluding carboxylic acids is 10. The van der Waals surface area contributed by atoms with Gasteiger partial charge in [0.05, 0.1) is 46.2 Å². The standard InChI is InChI=1S/C46H64F3N5O21/c1-23-34(21-69-26(4)56)74-44(37(53-25(3)55)38(23)71-28(6)58)68-16-14-66-12-10-51-42(63)32-17-31(18-33(19-32)54-36(61)20-52-45(64)46(47,48)49)41(62)50-9-11-65-13-15-67-43-24(2)39(72-29(7)59)40(73-30(8)60)35(75-43)22-70-27(5)57/h17-19,23-24,34-35,37-40,43-44H,9-16,20-22H2,1-8H3,(H,50,62)(H,51,63)(H,52,64)(H,53,55)(H,54,61)/t23-,24+,34+,35+,37+,38-,39+,40-,43?,44?/m0/s1. The Morgan fingerprint density at radius 1 is 0.560 bits per heavy atom. The van der Waals surface area contributed by atoms with Crippen molar-refractivity contribution in [3.8, 4) is 0 Å². The molecule has 5 N–H and O–H groups in total. The van der Waals surface area contributed by atoms with Crippen LogP contribution in [0.2, 0.25) is 0 Å². The van der Waals surface area contributed by atoms with Crippen LogP contribution in [0.1, 0.15) is 76.1 Å². The molecule has 0 radical (unpaired) electrons. The summed E-state index contributed by atoms with van der Waals surface area (Å²) in [5.74, 6) is -9.97. The Morgan fingerprint density at radius 2 is 1.04 bits per heavy atom. The number of amides is 5. The van der Waals surface area contributed by atoms with Crippen LogP contribution in [0.3, 0.4) is 0 Å². The monoisotopic (exact) mass is 1080 g/mol. The zero-order valence-corrected chi connectivity index (χ0v) is 42.5. The molecule has 1 aromatic carbocycles. The van der Waals surface area contributed by atoms with Crippen LogP contribution in [-0.2, 0) is 90.5 Å². The Hall–Kier alpha value is -6.53. The van der Waals surface area contributed by atoms with E-state index in [-0.39, 0.29) is 82.8 Å². The van der Waals surface area contributed by atoms with Crippen LogP contribution in [0, 0.1) is 11.8 Å². The van der Waals surface area contributed by atoms with E-state index in [1.54, 1.807) is 13.8 Å². The summed E-state index contributed by atoms with van der Waals surface area (Å²) in [6, 6.07) is 2.46. The van der Waals surface area contributed by atoms with Gasteiger partial charge < -0.3 is 78.7 Å². The van der Waals surface area contributed by atoms with Crippen molar-refractivity contribution in [2.24, 2.45) is 11.8 Å². The summed E-state index contributed by atoms with van der Waals surface area (Å²) >= 11 is 0. The minimum absolute atomic E-state index is 0.0546. The van der Waals surface area contributed by atoms with E-state index in [0.717, 1.165) is 26.0 Å². The Balaban J connectivity index is 1.60. The average molecular weight is 1080 g/mol. The van der Waals surface area contributed by atoms with Crippen LogP contribution in [0.5, 0.6) is 0 Å². The Bertz CT molecular complexity index is 2170. The van der Waals surface area contributed by atoms with Gasteiger partial charge in [-0.05, 0) is 18.2 Å². The fourth-order valence-electron chi connectivity index (χ4n) is 7.39. The molecule has 2 unspecified atom stereocenters. The molecule has 0 bridgehead atoms. The maximum absolute atomic E-state index is 13.3. The van der Waals surface area contributed by atoms with Crippen molar-refractivity contribution in [2.45, 2.75) is 111 Å². The third kappa shape index (κ3) is 22.1. The van der Waals surface area contributed by atoms with Gasteiger partial charge in [-0.1, -0.05) is 13.8 Å². The number of anilines is 1. The number of hydrogen-bond donors (Lipinski definition) is 5. The second-order valence-corrected chi connectivity index (χ2v) is 16.9. The SMILES string of the molecule is CC(=O)N[C@H]1C(OCCOCCNC(=O)c2cc(NC(=O)CNC(=O)C(F)(F)F)cc(C(=O)NCCOCCOC3O[C@H](COC(C)=O)[C@H](OC(C)=O)[C@H](OC(C)=O)[C@H]3C)c2)O[C@H](COC(C)=O)[C@H](C)[C@@H]1OC(C)=O. The van der Waals surface area contributed by atoms with Crippen LogP contribution in [0.15, 0.2) is 18.2 Å². The highest BCUT2D eigenvalue weighted by Gasteiger charge is 2.49. The van der Waals surface area contributed by atoms with E-state index in [9.17, 15) is 61.1 Å². The van der Waals surface area contributed by atoms with E-state index >= 15 is 0 Å². The van der Waals surface area contributed by atoms with E-state index in [1.165, 1.54) is 39.1 Å². The fourth-order valence-corrected chi connectivity index (χ4v) is 7.39. The smallest absolute Gasteiger partial charge is 0.463 e. The van der Waals surface area contributed by atoms with Crippen LogP contribution >= 0.6 is 0 Å². The summed E-state index contributed by atoms with van der Waals surface area (Å²) in [7, 11) is 0. The van der Waals surface area contributed by atoms with Crippen molar-refractivity contribution >= 4 is 65.1 Å². The number of rotatable bonds is 27. The lowest BCUT2D eigenvalue weighted by atomic mass is 9.89. The maximum Gasteiger partial charge on any atom is 0.471 e. The van der Waals surface area contributed by atoms with Crippen molar-refractivity contribution in [1.82, 2.24) is 21.3 Å². The van der Waals surface area contributed by atoms with Gasteiger partial charge in [-0.25, -0.2) is 0 Å². The Labute approximate surface area is 428 Å². The minimum Gasteiger partial charge on any atom is -0.463 e. The topological polar surface area (TPSA) is 332 Å². The van der Waals surface area contributed by atoms with E-state index in [4.69, 9.17) is 52.1 Å². The third-order valence-electron chi connectivity index (χ3n) is 10.7. The molecular formula is C46H64F3N5O21. The van der Waals surface area contributed by atoms with Gasteiger partial charge in [0.1, 0.15) is 43.7 Å². The number of halogens is 3. The number of carbonyl (C=O) groups is 10. The highest BCUT2D eigenvalue weighted by molar-refractivity contribution is 6.03. The van der Waals surface area contributed by atoms with Gasteiger partial charge in [0.15, 0.2) is 18.7 Å². The first kappa shape index (κ1) is 62.8. The molecule has 5 amide bonds. The van der Waals surface area contributed by atoms with Gasteiger partial charge in [-0.15, -0.1) is 0 Å². The molecule has 29 heteroatoms. The Kier molecular flexibility index (Phi) is 25.7. The molecule has 0 spiro atoms. The highest BCUT2D eigenvalue weighted by Crippen LogP contribution is 2.32. The first-order chi connectivity index (χ1) is 35.3. The number of alkyl halides is 3. The number of esters is 5. The highest BCUT2D eigenvalue weighted by atomic mass is 19.4. The fraction of sp³-hybridized carbons (Fsp3) is 0.652. The lowest BCUT2D eigenvalue weighted by Crippen LogP contribution is -2.63. The Morgan fingerprint density at radius 3 is 1.53 bits per heavy atom. The molecule has 0 aliphatic carbocycles. The largest absolute Gasteiger partial charge is 0.471 e. The third-order valence-corrected chi connectivity index (χ3v) is 10.7. The second-order valence-electron chi connectivity index (χ2n) is 16.9. The van der Waals surface area contributed by atoms with Gasteiger partial charge in [-0.3, -0.25) is 47.9 Å². The molecule has 2 aliphatic heterocycles. The summed E-state index contributed by atoms with van der Waals surface area (Å²) in [6.07, 6.45) is -12.4. The van der Waals surface area contributed by atoms with E-state index in [1.807, 2.05) is 0 Å². The molecule has 75 heavy (non-hydrogen) atoms. The van der Waals surface area contributed by atoms with Crippen molar-refractivity contribution in [1.29, 1.82) is 0 Å². The minimum atomic E-state index is -5.27. The lowest BCUT2D eigenvalue weighted by Gasteiger charge is -2.44. The van der Waals surface area contributed by atoms with Gasteiger partial charge in [0.25, 0.3) is 11.8 Å². The molecule has 2 heterocycles. The molecule has 2 fully saturated rings. The van der Waals surface area contributed by atoms with Gasteiger partial charge in [0, 0.05) is 83.3 Å². The van der Waals surface area contributed by atoms with Gasteiger partial charge >= 0.3 is 41.9 Å². The van der Waals surface area contributed by atoms with Crippen molar-refractivity contribution in [2.75, 3.05) is 77.8 Å². The second kappa shape index (κ2) is 30.7. The summed E-state index contributed by atoms with van der Waals surface area (Å²) in [4.78, 5) is 121. The van der Waals surface area contributed by atoms with E-state index in [0.29, 0.717) is 0 Å². The molecular weight excluding hydrogens is 1020 g/mol. The number of hydrogen-bond acceptors (Lipinski definition) is 21. The van der Waals surface area contributed by atoms with Crippen molar-refractivity contribution in [3.63, 3.8) is 0 Å². The van der Waals surface area contributed by atoms with Crippen molar-refractivity contribution < 1.29 is 113 Å². The molecule has 3 rings (SSSR count). The lowest BCUT2D eigenvalue weighted by molar-refractivity contribution is -0.290. The summed E-state index contributed by atoms with van der Waals surface area (Å²) in [5.41, 5.74) is -0.567. The summed E-state index contributed by atoms with van der Waals surface area (Å²) in [6.45, 7) is 8.02. The average Bonchev–Trinajstić information content (AvgIpc) is 3.31. The summed E-state index contributed by atoms with van der Waals surface area (Å²) < 4.78 is 99.4.